The number of benzene rings is 2. The largest absolute Gasteiger partial charge is 0.492 e. The zero-order chi connectivity index (χ0) is 15.2. The summed E-state index contributed by atoms with van der Waals surface area (Å²) >= 11 is 6.16. The summed E-state index contributed by atoms with van der Waals surface area (Å²) in [5, 5.41) is 9.89. The zero-order valence-corrected chi connectivity index (χ0v) is 12.8. The van der Waals surface area contributed by atoms with Crippen LogP contribution in [0, 0.1) is 18.3 Å². The average molecular weight is 298 g/mol. The fourth-order valence-electron chi connectivity index (χ4n) is 1.96. The van der Waals surface area contributed by atoms with Crippen molar-refractivity contribution in [2.75, 3.05) is 6.61 Å². The number of nitrogens with zero attached hydrogens (tertiary/aromatic N) is 1. The van der Waals surface area contributed by atoms with Crippen LogP contribution in [0.4, 0.5) is 0 Å². The van der Waals surface area contributed by atoms with Gasteiger partial charge in [0.1, 0.15) is 5.75 Å². The third-order valence-electron chi connectivity index (χ3n) is 3.05. The van der Waals surface area contributed by atoms with Gasteiger partial charge >= 0.3 is 0 Å². The third kappa shape index (κ3) is 3.87. The maximum absolute atomic E-state index is 9.34. The lowest BCUT2D eigenvalue weighted by Crippen LogP contribution is -1.92. The van der Waals surface area contributed by atoms with E-state index in [9.17, 15) is 5.26 Å². The van der Waals surface area contributed by atoms with Gasteiger partial charge in [-0.1, -0.05) is 47.5 Å². The van der Waals surface area contributed by atoms with E-state index in [2.05, 4.69) is 6.07 Å². The van der Waals surface area contributed by atoms with Crippen molar-refractivity contribution < 1.29 is 4.74 Å². The Hall–Kier alpha value is -2.24. The highest BCUT2D eigenvalue weighted by molar-refractivity contribution is 6.32. The molecule has 0 N–H and O–H groups in total. The van der Waals surface area contributed by atoms with Crippen LogP contribution in [0.5, 0.6) is 5.75 Å². The van der Waals surface area contributed by atoms with Crippen molar-refractivity contribution in [2.45, 2.75) is 13.8 Å². The van der Waals surface area contributed by atoms with E-state index in [0.29, 0.717) is 23.0 Å². The van der Waals surface area contributed by atoms with E-state index >= 15 is 0 Å². The molecule has 0 atom stereocenters. The van der Waals surface area contributed by atoms with Crippen molar-refractivity contribution in [3.05, 3.63) is 64.2 Å². The van der Waals surface area contributed by atoms with Gasteiger partial charge in [-0.05, 0) is 43.2 Å². The summed E-state index contributed by atoms with van der Waals surface area (Å²) in [5.74, 6) is 0.658. The van der Waals surface area contributed by atoms with Gasteiger partial charge in [0, 0.05) is 0 Å². The van der Waals surface area contributed by atoms with Crippen molar-refractivity contribution in [3.8, 4) is 11.8 Å². The number of aryl methyl sites for hydroxylation is 1. The van der Waals surface area contributed by atoms with Gasteiger partial charge in [-0.3, -0.25) is 0 Å². The molecule has 0 spiro atoms. The fraction of sp³-hybridized carbons (Fsp3) is 0.167. The van der Waals surface area contributed by atoms with Crippen LogP contribution in [-0.4, -0.2) is 6.61 Å². The van der Waals surface area contributed by atoms with E-state index in [1.54, 1.807) is 6.07 Å². The second-order valence-corrected chi connectivity index (χ2v) is 5.07. The van der Waals surface area contributed by atoms with Crippen LogP contribution >= 0.6 is 11.6 Å². The number of ether oxygens (including phenoxy) is 1. The zero-order valence-electron chi connectivity index (χ0n) is 12.1. The summed E-state index contributed by atoms with van der Waals surface area (Å²) in [7, 11) is 0. The van der Waals surface area contributed by atoms with Crippen LogP contribution in [0.3, 0.4) is 0 Å². The van der Waals surface area contributed by atoms with Crippen molar-refractivity contribution in [2.24, 2.45) is 0 Å². The first-order valence-electron chi connectivity index (χ1n) is 6.75. The molecule has 0 heterocycles. The van der Waals surface area contributed by atoms with E-state index in [1.165, 1.54) is 5.56 Å². The van der Waals surface area contributed by atoms with E-state index in [-0.39, 0.29) is 0 Å². The van der Waals surface area contributed by atoms with Crippen LogP contribution < -0.4 is 4.74 Å². The Labute approximate surface area is 130 Å². The fourth-order valence-corrected chi connectivity index (χ4v) is 2.20. The van der Waals surface area contributed by atoms with Gasteiger partial charge in [0.25, 0.3) is 0 Å². The van der Waals surface area contributed by atoms with Crippen LogP contribution in [0.15, 0.2) is 42.5 Å². The second-order valence-electron chi connectivity index (χ2n) is 4.66. The van der Waals surface area contributed by atoms with E-state index < -0.39 is 0 Å². The number of halogens is 1. The molecule has 0 bridgehead atoms. The molecule has 0 fully saturated rings. The topological polar surface area (TPSA) is 33.0 Å². The molecule has 0 aliphatic carbocycles. The molecule has 0 aromatic heterocycles. The Morgan fingerprint density at radius 3 is 2.52 bits per heavy atom. The average Bonchev–Trinajstić information content (AvgIpc) is 2.48. The van der Waals surface area contributed by atoms with E-state index in [1.807, 2.05) is 56.3 Å². The summed E-state index contributed by atoms with van der Waals surface area (Å²) < 4.78 is 5.40. The molecule has 2 aromatic carbocycles. The molecular weight excluding hydrogens is 282 g/mol. The smallest absolute Gasteiger partial charge is 0.137 e. The predicted molar refractivity (Wildman–Crippen MR) is 87.3 cm³/mol. The van der Waals surface area contributed by atoms with Gasteiger partial charge in [-0.2, -0.15) is 5.26 Å². The maximum Gasteiger partial charge on any atom is 0.137 e. The maximum atomic E-state index is 9.34. The molecule has 0 saturated heterocycles. The van der Waals surface area contributed by atoms with Crippen molar-refractivity contribution in [1.29, 1.82) is 5.26 Å². The van der Waals surface area contributed by atoms with Gasteiger partial charge in [0.15, 0.2) is 0 Å². The highest BCUT2D eigenvalue weighted by atomic mass is 35.5. The minimum absolute atomic E-state index is 0.548. The third-order valence-corrected chi connectivity index (χ3v) is 3.35. The molecule has 0 aliphatic heterocycles. The lowest BCUT2D eigenvalue weighted by atomic mass is 10.0. The first-order chi connectivity index (χ1) is 10.1. The van der Waals surface area contributed by atoms with Gasteiger partial charge < -0.3 is 4.74 Å². The lowest BCUT2D eigenvalue weighted by molar-refractivity contribution is 0.340. The molecule has 2 rings (SSSR count). The van der Waals surface area contributed by atoms with Gasteiger partial charge in [-0.15, -0.1) is 0 Å². The van der Waals surface area contributed by atoms with Crippen molar-refractivity contribution >= 4 is 23.3 Å². The molecule has 106 valence electrons. The van der Waals surface area contributed by atoms with E-state index in [0.717, 1.165) is 11.1 Å². The first kappa shape index (κ1) is 15.2. The molecule has 0 aliphatic rings. The van der Waals surface area contributed by atoms with Crippen LogP contribution in [-0.2, 0) is 0 Å². The molecule has 0 radical (unpaired) electrons. The molecule has 2 aromatic rings. The Balaban J connectivity index is 2.34. The first-order valence-corrected chi connectivity index (χ1v) is 7.13. The molecule has 0 amide bonds. The highest BCUT2D eigenvalue weighted by Gasteiger charge is 2.04. The molecule has 0 saturated carbocycles. The number of hydrogen-bond acceptors (Lipinski definition) is 2. The Morgan fingerprint density at radius 1 is 1.24 bits per heavy atom. The van der Waals surface area contributed by atoms with Gasteiger partial charge in [0.2, 0.25) is 0 Å². The van der Waals surface area contributed by atoms with Crippen LogP contribution in [0.25, 0.3) is 11.6 Å². The Morgan fingerprint density at radius 2 is 1.95 bits per heavy atom. The minimum Gasteiger partial charge on any atom is -0.492 e. The van der Waals surface area contributed by atoms with Crippen molar-refractivity contribution in [3.63, 3.8) is 0 Å². The van der Waals surface area contributed by atoms with Crippen molar-refractivity contribution in [1.82, 2.24) is 0 Å². The van der Waals surface area contributed by atoms with Crippen LogP contribution in [0.1, 0.15) is 23.6 Å². The molecule has 2 nitrogen and oxygen atoms in total. The van der Waals surface area contributed by atoms with Gasteiger partial charge in [0.05, 0.1) is 23.3 Å². The standard InChI is InChI=1S/C18H16ClNO/c1-3-21-18-9-6-14(11-17(18)19)10-16(12-20)15-7-4-13(2)5-8-15/h4-11H,3H2,1-2H3/b16-10+. The Bertz CT molecular complexity index is 696. The Kier molecular flexibility index (Phi) is 5.03. The normalized spacial score (nSPS) is 11.0. The minimum atomic E-state index is 0.548. The monoisotopic (exact) mass is 297 g/mol. The van der Waals surface area contributed by atoms with E-state index in [4.69, 9.17) is 16.3 Å². The number of hydrogen-bond donors (Lipinski definition) is 0. The second kappa shape index (κ2) is 6.97. The molecule has 3 heteroatoms. The molecular formula is C18H16ClNO. The SMILES string of the molecule is CCOc1ccc(/C=C(\C#N)c2ccc(C)cc2)cc1Cl. The lowest BCUT2D eigenvalue weighted by Gasteiger charge is -2.06. The summed E-state index contributed by atoms with van der Waals surface area (Å²) in [5.41, 5.74) is 3.55. The highest BCUT2D eigenvalue weighted by Crippen LogP contribution is 2.27. The summed E-state index contributed by atoms with van der Waals surface area (Å²) in [6.07, 6.45) is 1.83. The number of allylic oxidation sites excluding steroid dienone is 1. The predicted octanol–water partition coefficient (Wildman–Crippen LogP) is 5.11. The molecule has 0 unspecified atom stereocenters. The molecule has 21 heavy (non-hydrogen) atoms. The number of rotatable bonds is 4. The number of nitriles is 1. The summed E-state index contributed by atoms with van der Waals surface area (Å²) in [4.78, 5) is 0. The van der Waals surface area contributed by atoms with Gasteiger partial charge in [-0.25, -0.2) is 0 Å². The summed E-state index contributed by atoms with van der Waals surface area (Å²) in [6, 6.07) is 15.6. The quantitative estimate of drug-likeness (QED) is 0.580. The summed E-state index contributed by atoms with van der Waals surface area (Å²) in [6.45, 7) is 4.50. The van der Waals surface area contributed by atoms with Crippen LogP contribution in [0.2, 0.25) is 5.02 Å².